The van der Waals surface area contributed by atoms with Gasteiger partial charge in [-0.15, -0.1) is 0 Å². The number of carbonyl (C=O) groups is 3. The predicted molar refractivity (Wildman–Crippen MR) is 123 cm³/mol. The predicted octanol–water partition coefficient (Wildman–Crippen LogP) is 4.43. The van der Waals surface area contributed by atoms with Crippen LogP contribution in [-0.4, -0.2) is 37.7 Å². The molecule has 4 aliphatic rings. The summed E-state index contributed by atoms with van der Waals surface area (Å²) in [7, 11) is 0. The molecule has 0 radical (unpaired) electrons. The maximum Gasteiger partial charge on any atom is 0.293 e. The van der Waals surface area contributed by atoms with Crippen LogP contribution in [0.5, 0.6) is 0 Å². The number of fused-ring (bicyclic) bond motifs is 5. The molecule has 0 aliphatic heterocycles. The summed E-state index contributed by atoms with van der Waals surface area (Å²) in [4.78, 5) is 34.2. The first-order valence-corrected chi connectivity index (χ1v) is 13.0. The van der Waals surface area contributed by atoms with Gasteiger partial charge in [0, 0.05) is 17.8 Å². The average Bonchev–Trinajstić information content (AvgIpc) is 3.17. The highest BCUT2D eigenvalue weighted by atomic mass is 16.5. The van der Waals surface area contributed by atoms with E-state index in [1.54, 1.807) is 0 Å². The molecule has 4 saturated carbocycles. The van der Waals surface area contributed by atoms with Gasteiger partial charge in [-0.05, 0) is 86.4 Å². The number of carbonyl (C=O) groups excluding carboxylic acids is 3. The first-order chi connectivity index (χ1) is 16.3. The second kappa shape index (κ2) is 9.87. The molecule has 0 N–H and O–H groups in total. The summed E-state index contributed by atoms with van der Waals surface area (Å²) in [5.74, 6) is 1.78. The third-order valence-corrected chi connectivity index (χ3v) is 10.9. The Kier molecular flexibility index (Phi) is 7.26. The molecule has 0 unspecified atom stereocenters. The number of rotatable bonds is 9. The molecule has 4 fully saturated rings. The molecule has 11 atom stereocenters. The van der Waals surface area contributed by atoms with Crippen molar-refractivity contribution in [3.05, 3.63) is 0 Å². The standard InChI is InChI=1S/C27H39NO6/c1-17(5-4-10-28)20-6-7-21-25-22(13-24(34-16-31)27(20,21)3)26(2)9-8-19(32-14-29)11-18(26)12-23(25)33-15-30/h14-25H,4-9,11-13H2,1-3H3/t17-,18+,19-,20-,21+,22+,23-,24+,25+,26+,27-/m1/s1/i10+2. The number of hydrogen-bond donors (Lipinski definition) is 0. The van der Waals surface area contributed by atoms with Crippen molar-refractivity contribution in [1.29, 1.82) is 5.26 Å². The summed E-state index contributed by atoms with van der Waals surface area (Å²) in [6, 6.07) is 2.28. The Morgan fingerprint density at radius 1 is 0.971 bits per heavy atom. The first kappa shape index (κ1) is 25.0. The minimum Gasteiger partial charge on any atom is -0.465 e. The van der Waals surface area contributed by atoms with E-state index in [9.17, 15) is 14.4 Å². The zero-order valence-corrected chi connectivity index (χ0v) is 20.7. The van der Waals surface area contributed by atoms with Crippen molar-refractivity contribution in [2.45, 2.75) is 96.9 Å². The highest BCUT2D eigenvalue weighted by molar-refractivity contribution is 5.39. The fraction of sp³-hybridized carbons (Fsp3) is 0.852. The molecule has 0 spiro atoms. The van der Waals surface area contributed by atoms with Crippen LogP contribution in [0.25, 0.3) is 0 Å². The SMILES string of the molecule is C[C@H](CC[14C]#N)[C@H]1CC[C@H]2[C@@H]3[C@H](OC=O)C[C@@H]4C[C@H](OC=O)CC[C@]4(C)[C@H]3C[C@H](OC=O)[C@]12C. The van der Waals surface area contributed by atoms with E-state index in [1.807, 2.05) is 0 Å². The molecule has 34 heavy (non-hydrogen) atoms. The summed E-state index contributed by atoms with van der Waals surface area (Å²) >= 11 is 0. The van der Waals surface area contributed by atoms with E-state index in [0.717, 1.165) is 51.4 Å². The van der Waals surface area contributed by atoms with Gasteiger partial charge in [0.25, 0.3) is 19.4 Å². The quantitative estimate of drug-likeness (QED) is 0.359. The fourth-order valence-corrected chi connectivity index (χ4v) is 9.24. The van der Waals surface area contributed by atoms with Crippen molar-refractivity contribution in [2.75, 3.05) is 0 Å². The van der Waals surface area contributed by atoms with E-state index >= 15 is 0 Å². The van der Waals surface area contributed by atoms with Crippen LogP contribution < -0.4 is 0 Å². The molecule has 0 aromatic rings. The molecule has 4 rings (SSSR count). The Morgan fingerprint density at radius 3 is 2.38 bits per heavy atom. The summed E-state index contributed by atoms with van der Waals surface area (Å²) in [5.41, 5.74) is -0.186. The van der Waals surface area contributed by atoms with Crippen LogP contribution in [0.3, 0.4) is 0 Å². The van der Waals surface area contributed by atoms with Crippen LogP contribution >= 0.6 is 0 Å². The van der Waals surface area contributed by atoms with E-state index in [2.05, 4.69) is 26.8 Å². The van der Waals surface area contributed by atoms with Gasteiger partial charge < -0.3 is 14.2 Å². The number of hydrogen-bond acceptors (Lipinski definition) is 7. The molecule has 0 aromatic carbocycles. The van der Waals surface area contributed by atoms with E-state index in [0.29, 0.717) is 37.7 Å². The Balaban J connectivity index is 1.70. The second-order valence-electron chi connectivity index (χ2n) is 11.8. The van der Waals surface area contributed by atoms with Crippen molar-refractivity contribution in [3.8, 4) is 6.07 Å². The lowest BCUT2D eigenvalue weighted by atomic mass is 9.43. The van der Waals surface area contributed by atoms with Gasteiger partial charge in [0.15, 0.2) is 0 Å². The van der Waals surface area contributed by atoms with Gasteiger partial charge in [0.05, 0.1) is 6.07 Å². The lowest BCUT2D eigenvalue weighted by Gasteiger charge is -2.64. The van der Waals surface area contributed by atoms with Crippen molar-refractivity contribution in [1.82, 2.24) is 0 Å². The van der Waals surface area contributed by atoms with E-state index < -0.39 is 0 Å². The monoisotopic (exact) mass is 475 g/mol. The summed E-state index contributed by atoms with van der Waals surface area (Å²) in [6.45, 7) is 8.62. The van der Waals surface area contributed by atoms with Crippen molar-refractivity contribution >= 4 is 19.4 Å². The number of ether oxygens (including phenoxy) is 3. The number of nitriles is 1. The normalized spacial score (nSPS) is 45.9. The topological polar surface area (TPSA) is 103 Å². The van der Waals surface area contributed by atoms with Gasteiger partial charge >= 0.3 is 0 Å². The van der Waals surface area contributed by atoms with E-state index in [-0.39, 0.29) is 52.8 Å². The van der Waals surface area contributed by atoms with Gasteiger partial charge in [-0.1, -0.05) is 20.8 Å². The van der Waals surface area contributed by atoms with Gasteiger partial charge in [-0.25, -0.2) is 0 Å². The first-order valence-electron chi connectivity index (χ1n) is 13.0. The second-order valence-corrected chi connectivity index (χ2v) is 11.8. The molecule has 188 valence electrons. The number of nitrogens with zero attached hydrogens (tertiary/aromatic N) is 1. The molecule has 0 saturated heterocycles. The van der Waals surface area contributed by atoms with Crippen LogP contribution in [0.4, 0.5) is 0 Å². The molecule has 0 bridgehead atoms. The smallest absolute Gasteiger partial charge is 0.293 e. The Hall–Kier alpha value is -2.10. The van der Waals surface area contributed by atoms with Gasteiger partial charge in [-0.3, -0.25) is 14.4 Å². The average molecular weight is 476 g/mol. The minimum atomic E-state index is -0.206. The lowest BCUT2D eigenvalue weighted by Crippen LogP contribution is -2.63. The largest absolute Gasteiger partial charge is 0.465 e. The van der Waals surface area contributed by atoms with Gasteiger partial charge in [0.2, 0.25) is 0 Å². The van der Waals surface area contributed by atoms with Crippen LogP contribution in [0.15, 0.2) is 0 Å². The Bertz CT molecular complexity index is 811. The van der Waals surface area contributed by atoms with Crippen molar-refractivity contribution in [2.24, 2.45) is 46.3 Å². The zero-order chi connectivity index (χ0) is 24.5. The zero-order valence-electron chi connectivity index (χ0n) is 20.7. The minimum absolute atomic E-state index is 0.0203. The third-order valence-electron chi connectivity index (χ3n) is 10.9. The highest BCUT2D eigenvalue weighted by Gasteiger charge is 2.67. The van der Waals surface area contributed by atoms with Gasteiger partial charge in [-0.2, -0.15) is 5.26 Å². The summed E-state index contributed by atoms with van der Waals surface area (Å²) in [5, 5.41) is 9.13. The van der Waals surface area contributed by atoms with Gasteiger partial charge in [0.1, 0.15) is 18.3 Å². The summed E-state index contributed by atoms with van der Waals surface area (Å²) < 4.78 is 17.0. The molecule has 4 aliphatic carbocycles. The Morgan fingerprint density at radius 2 is 1.71 bits per heavy atom. The Labute approximate surface area is 202 Å². The van der Waals surface area contributed by atoms with Crippen LogP contribution in [0.1, 0.15) is 78.6 Å². The highest BCUT2D eigenvalue weighted by Crippen LogP contribution is 2.69. The van der Waals surface area contributed by atoms with Crippen molar-refractivity contribution in [3.63, 3.8) is 0 Å². The maximum atomic E-state index is 11.7. The molecule has 0 heterocycles. The van der Waals surface area contributed by atoms with Crippen molar-refractivity contribution < 1.29 is 28.6 Å². The van der Waals surface area contributed by atoms with Crippen LogP contribution in [-0.2, 0) is 28.6 Å². The van der Waals surface area contributed by atoms with Crippen LogP contribution in [0.2, 0.25) is 0 Å². The fourth-order valence-electron chi connectivity index (χ4n) is 9.24. The molecule has 7 nitrogen and oxygen atoms in total. The summed E-state index contributed by atoms with van der Waals surface area (Å²) in [6.07, 6.45) is 7.11. The molecule has 0 amide bonds. The maximum absolute atomic E-state index is 11.7. The van der Waals surface area contributed by atoms with E-state index in [4.69, 9.17) is 19.5 Å². The third kappa shape index (κ3) is 3.91. The molecule has 0 aromatic heterocycles. The molecular weight excluding hydrogens is 436 g/mol. The molecular formula is C27H39NO6. The lowest BCUT2D eigenvalue weighted by molar-refractivity contribution is -0.218. The van der Waals surface area contributed by atoms with Crippen LogP contribution in [0, 0.1) is 57.7 Å². The molecule has 7 heteroatoms. The van der Waals surface area contributed by atoms with E-state index in [1.165, 1.54) is 0 Å².